The van der Waals surface area contributed by atoms with Gasteiger partial charge < -0.3 is 14.8 Å². The van der Waals surface area contributed by atoms with Crippen molar-refractivity contribution < 1.29 is 14.3 Å². The number of amides is 1. The monoisotopic (exact) mass is 487 g/mol. The van der Waals surface area contributed by atoms with Gasteiger partial charge >= 0.3 is 0 Å². The lowest BCUT2D eigenvalue weighted by atomic mass is 10.1. The molecule has 2 aromatic heterocycles. The summed E-state index contributed by atoms with van der Waals surface area (Å²) in [5, 5.41) is 4.23. The lowest BCUT2D eigenvalue weighted by Crippen LogP contribution is -2.30. The van der Waals surface area contributed by atoms with Gasteiger partial charge in [0.15, 0.2) is 5.16 Å². The fourth-order valence-electron chi connectivity index (χ4n) is 4.05. The Morgan fingerprint density at radius 1 is 1.36 bits per heavy atom. The zero-order chi connectivity index (χ0) is 23.4. The average Bonchev–Trinajstić information content (AvgIpc) is 3.45. The van der Waals surface area contributed by atoms with E-state index in [4.69, 9.17) is 14.5 Å². The van der Waals surface area contributed by atoms with Crippen LogP contribution >= 0.6 is 23.1 Å². The van der Waals surface area contributed by atoms with Gasteiger partial charge in [0.25, 0.3) is 5.56 Å². The third-order valence-corrected chi connectivity index (χ3v) is 7.84. The van der Waals surface area contributed by atoms with Crippen molar-refractivity contribution in [2.45, 2.75) is 57.5 Å². The van der Waals surface area contributed by atoms with Crippen LogP contribution in [0.3, 0.4) is 0 Å². The molecule has 1 N–H and O–H groups in total. The number of ether oxygens (including phenoxy) is 2. The molecule has 176 valence electrons. The summed E-state index contributed by atoms with van der Waals surface area (Å²) in [5.41, 5.74) is 2.03. The average molecular weight is 488 g/mol. The Balaban J connectivity index is 1.51. The first-order valence-corrected chi connectivity index (χ1v) is 13.0. The van der Waals surface area contributed by atoms with Gasteiger partial charge in [-0.15, -0.1) is 11.3 Å². The zero-order valence-corrected chi connectivity index (χ0v) is 20.8. The van der Waals surface area contributed by atoms with Gasteiger partial charge in [-0.05, 0) is 49.4 Å². The number of benzene rings is 1. The van der Waals surface area contributed by atoms with Gasteiger partial charge in [0.05, 0.1) is 30.9 Å². The minimum Gasteiger partial charge on any atom is -0.497 e. The molecule has 33 heavy (non-hydrogen) atoms. The molecule has 1 atom stereocenters. The smallest absolute Gasteiger partial charge is 0.263 e. The number of rotatable bonds is 9. The molecule has 1 aliphatic heterocycles. The zero-order valence-electron chi connectivity index (χ0n) is 19.2. The van der Waals surface area contributed by atoms with Crippen molar-refractivity contribution >= 4 is 39.2 Å². The molecule has 0 saturated carbocycles. The van der Waals surface area contributed by atoms with Gasteiger partial charge in [0.2, 0.25) is 5.91 Å². The van der Waals surface area contributed by atoms with Crippen LogP contribution in [0.4, 0.5) is 0 Å². The van der Waals surface area contributed by atoms with Crippen molar-refractivity contribution in [3.63, 3.8) is 0 Å². The van der Waals surface area contributed by atoms with E-state index in [0.29, 0.717) is 23.6 Å². The summed E-state index contributed by atoms with van der Waals surface area (Å²) in [4.78, 5) is 32.7. The van der Waals surface area contributed by atoms with Crippen molar-refractivity contribution in [1.82, 2.24) is 14.9 Å². The predicted molar refractivity (Wildman–Crippen MR) is 133 cm³/mol. The minimum absolute atomic E-state index is 0.00927. The summed E-state index contributed by atoms with van der Waals surface area (Å²) in [5.74, 6) is 0.858. The first-order chi connectivity index (χ1) is 16.0. The Morgan fingerprint density at radius 2 is 2.15 bits per heavy atom. The van der Waals surface area contributed by atoms with Gasteiger partial charge in [-0.3, -0.25) is 14.2 Å². The standard InChI is InChI=1S/C24H29N3O4S2/c1-4-19-15(2)33-22-21(19)23(29)27(13-18-6-5-11-31-18)24(26-22)32-14-20(28)25-12-16-7-9-17(30-3)10-8-16/h7-10,18H,4-6,11-14H2,1-3H3,(H,25,28). The first kappa shape index (κ1) is 23.8. The Labute approximate surface area is 201 Å². The molecule has 1 saturated heterocycles. The molecular formula is C24H29N3O4S2. The van der Waals surface area contributed by atoms with Crippen LogP contribution in [0.5, 0.6) is 5.75 Å². The Hall–Kier alpha value is -2.36. The van der Waals surface area contributed by atoms with Crippen LogP contribution in [0.1, 0.15) is 35.8 Å². The molecule has 0 bridgehead atoms. The molecular weight excluding hydrogens is 458 g/mol. The predicted octanol–water partition coefficient (Wildman–Crippen LogP) is 3.92. The number of thiophene rings is 1. The van der Waals surface area contributed by atoms with Gasteiger partial charge in [-0.2, -0.15) is 0 Å². The molecule has 9 heteroatoms. The lowest BCUT2D eigenvalue weighted by Gasteiger charge is -2.16. The largest absolute Gasteiger partial charge is 0.497 e. The highest BCUT2D eigenvalue weighted by Crippen LogP contribution is 2.30. The minimum atomic E-state index is -0.106. The molecule has 7 nitrogen and oxygen atoms in total. The molecule has 3 aromatic rings. The number of carbonyl (C=O) groups excluding carboxylic acids is 1. The second kappa shape index (κ2) is 10.7. The topological polar surface area (TPSA) is 82.4 Å². The molecule has 4 rings (SSSR count). The van der Waals surface area contributed by atoms with E-state index in [1.807, 2.05) is 31.2 Å². The van der Waals surface area contributed by atoms with Crippen molar-refractivity contribution in [1.29, 1.82) is 0 Å². The molecule has 0 spiro atoms. The Morgan fingerprint density at radius 3 is 2.82 bits per heavy atom. The van der Waals surface area contributed by atoms with E-state index in [-0.39, 0.29) is 23.3 Å². The Kier molecular flexibility index (Phi) is 7.72. The summed E-state index contributed by atoms with van der Waals surface area (Å²) in [7, 11) is 1.62. The number of nitrogens with zero attached hydrogens (tertiary/aromatic N) is 2. The first-order valence-electron chi connectivity index (χ1n) is 11.2. The van der Waals surface area contributed by atoms with Crippen LogP contribution in [-0.2, 0) is 29.0 Å². The fourth-order valence-corrected chi connectivity index (χ4v) is 6.04. The molecule has 1 fully saturated rings. The normalized spacial score (nSPS) is 15.8. The maximum absolute atomic E-state index is 13.5. The molecule has 0 radical (unpaired) electrons. The summed E-state index contributed by atoms with van der Waals surface area (Å²) < 4.78 is 12.7. The van der Waals surface area contributed by atoms with E-state index in [9.17, 15) is 9.59 Å². The van der Waals surface area contributed by atoms with E-state index in [1.54, 1.807) is 23.0 Å². The fraction of sp³-hybridized carbons (Fsp3) is 0.458. The van der Waals surface area contributed by atoms with Gasteiger partial charge in [-0.25, -0.2) is 4.98 Å². The number of nitrogens with one attached hydrogen (secondary N) is 1. The van der Waals surface area contributed by atoms with Gasteiger partial charge in [0, 0.05) is 18.0 Å². The number of hydrogen-bond acceptors (Lipinski definition) is 7. The van der Waals surface area contributed by atoms with Crippen LogP contribution < -0.4 is 15.6 Å². The molecule has 1 unspecified atom stereocenters. The summed E-state index contributed by atoms with van der Waals surface area (Å²) in [6, 6.07) is 7.58. The molecule has 1 aliphatic rings. The second-order valence-electron chi connectivity index (χ2n) is 8.03. The van der Waals surface area contributed by atoms with E-state index >= 15 is 0 Å². The number of aryl methyl sites for hydroxylation is 2. The summed E-state index contributed by atoms with van der Waals surface area (Å²) in [6.07, 6.45) is 2.74. The highest BCUT2D eigenvalue weighted by Gasteiger charge is 2.23. The third-order valence-electron chi connectivity index (χ3n) is 5.82. The maximum Gasteiger partial charge on any atom is 0.263 e. The number of fused-ring (bicyclic) bond motifs is 1. The van der Waals surface area contributed by atoms with Crippen LogP contribution in [0, 0.1) is 6.92 Å². The van der Waals surface area contributed by atoms with Gasteiger partial charge in [0.1, 0.15) is 10.6 Å². The maximum atomic E-state index is 13.5. The summed E-state index contributed by atoms with van der Waals surface area (Å²) >= 11 is 2.85. The highest BCUT2D eigenvalue weighted by atomic mass is 32.2. The molecule has 1 aromatic carbocycles. The second-order valence-corrected chi connectivity index (χ2v) is 10.2. The van der Waals surface area contributed by atoms with Crippen LogP contribution in [0.2, 0.25) is 0 Å². The number of methoxy groups -OCH3 is 1. The van der Waals surface area contributed by atoms with E-state index < -0.39 is 0 Å². The van der Waals surface area contributed by atoms with Crippen LogP contribution in [0.15, 0.2) is 34.2 Å². The third kappa shape index (κ3) is 5.42. The number of carbonyl (C=O) groups is 1. The van der Waals surface area contributed by atoms with E-state index in [0.717, 1.165) is 52.5 Å². The SMILES string of the molecule is CCc1c(C)sc2nc(SCC(=O)NCc3ccc(OC)cc3)n(CC3CCCO3)c(=O)c12. The van der Waals surface area contributed by atoms with Crippen LogP contribution in [-0.4, -0.2) is 41.0 Å². The number of hydrogen-bond donors (Lipinski definition) is 1. The van der Waals surface area contributed by atoms with Crippen molar-refractivity contribution in [2.24, 2.45) is 0 Å². The Bertz CT molecular complexity index is 1180. The van der Waals surface area contributed by atoms with Crippen molar-refractivity contribution in [3.8, 4) is 5.75 Å². The molecule has 3 heterocycles. The number of aromatic nitrogens is 2. The van der Waals surface area contributed by atoms with Crippen LogP contribution in [0.25, 0.3) is 10.2 Å². The number of thioether (sulfide) groups is 1. The highest BCUT2D eigenvalue weighted by molar-refractivity contribution is 7.99. The van der Waals surface area contributed by atoms with Crippen molar-refractivity contribution in [2.75, 3.05) is 19.5 Å². The summed E-state index contributed by atoms with van der Waals surface area (Å²) in [6.45, 7) is 5.73. The lowest BCUT2D eigenvalue weighted by molar-refractivity contribution is -0.118. The van der Waals surface area contributed by atoms with Crippen molar-refractivity contribution in [3.05, 3.63) is 50.6 Å². The quantitative estimate of drug-likeness (QED) is 0.364. The van der Waals surface area contributed by atoms with E-state index in [2.05, 4.69) is 12.2 Å². The van der Waals surface area contributed by atoms with E-state index in [1.165, 1.54) is 11.8 Å². The van der Waals surface area contributed by atoms with Gasteiger partial charge in [-0.1, -0.05) is 30.8 Å². The molecule has 1 amide bonds. The molecule has 0 aliphatic carbocycles.